The second-order valence-electron chi connectivity index (χ2n) is 8.31. The van der Waals surface area contributed by atoms with Crippen LogP contribution >= 0.6 is 24.8 Å². The van der Waals surface area contributed by atoms with Gasteiger partial charge in [-0.3, -0.25) is 9.88 Å². The van der Waals surface area contributed by atoms with Gasteiger partial charge in [0.1, 0.15) is 0 Å². The molecular formula is C24H31Cl2N3O2. The van der Waals surface area contributed by atoms with Gasteiger partial charge < -0.3 is 10.4 Å². The first-order valence-corrected chi connectivity index (χ1v) is 10.5. The van der Waals surface area contributed by atoms with Crippen LogP contribution in [0.15, 0.2) is 54.2 Å². The number of rotatable bonds is 7. The average molecular weight is 464 g/mol. The zero-order valence-corrected chi connectivity index (χ0v) is 19.4. The Morgan fingerprint density at radius 1 is 1.16 bits per heavy atom. The minimum Gasteiger partial charge on any atom is -0.478 e. The third kappa shape index (κ3) is 7.04. The Labute approximate surface area is 196 Å². The lowest BCUT2D eigenvalue weighted by Gasteiger charge is -2.32. The van der Waals surface area contributed by atoms with Crippen LogP contribution in [0.4, 0.5) is 0 Å². The van der Waals surface area contributed by atoms with Gasteiger partial charge in [0.15, 0.2) is 0 Å². The van der Waals surface area contributed by atoms with E-state index in [-0.39, 0.29) is 30.4 Å². The molecule has 0 radical (unpaired) electrons. The van der Waals surface area contributed by atoms with E-state index in [0.29, 0.717) is 18.0 Å². The lowest BCUT2D eigenvalue weighted by Crippen LogP contribution is -2.43. The fraction of sp³-hybridized carbons (Fsp3) is 0.417. The van der Waals surface area contributed by atoms with Crippen molar-refractivity contribution in [2.45, 2.75) is 44.8 Å². The number of carbonyl (C=O) groups is 1. The second kappa shape index (κ2) is 11.6. The van der Waals surface area contributed by atoms with Gasteiger partial charge in [0.2, 0.25) is 0 Å². The summed E-state index contributed by atoms with van der Waals surface area (Å²) in [4.78, 5) is 17.6. The van der Waals surface area contributed by atoms with Crippen molar-refractivity contribution in [1.29, 1.82) is 0 Å². The van der Waals surface area contributed by atoms with E-state index in [9.17, 15) is 4.79 Å². The highest BCUT2D eigenvalue weighted by Gasteiger charge is 2.39. The summed E-state index contributed by atoms with van der Waals surface area (Å²) < 4.78 is 0. The van der Waals surface area contributed by atoms with Crippen molar-refractivity contribution in [2.75, 3.05) is 13.1 Å². The highest BCUT2D eigenvalue weighted by Crippen LogP contribution is 2.38. The largest absolute Gasteiger partial charge is 0.478 e. The molecule has 0 spiro atoms. The number of carboxylic acid groups (broad SMARTS) is 1. The summed E-state index contributed by atoms with van der Waals surface area (Å²) in [6.07, 6.45) is 7.31. The molecule has 0 unspecified atom stereocenters. The molecule has 5 nitrogen and oxygen atoms in total. The zero-order chi connectivity index (χ0) is 20.2. The highest BCUT2D eigenvalue weighted by atomic mass is 35.5. The third-order valence-electron chi connectivity index (χ3n) is 6.06. The first kappa shape index (κ1) is 25.3. The van der Waals surface area contributed by atoms with Crippen molar-refractivity contribution in [1.82, 2.24) is 15.2 Å². The summed E-state index contributed by atoms with van der Waals surface area (Å²) in [7, 11) is 0. The number of aromatic nitrogens is 1. The number of likely N-dealkylation sites (tertiary alicyclic amines) is 1. The van der Waals surface area contributed by atoms with Crippen molar-refractivity contribution in [3.8, 4) is 0 Å². The van der Waals surface area contributed by atoms with Gasteiger partial charge in [-0.1, -0.05) is 42.0 Å². The second-order valence-corrected chi connectivity index (χ2v) is 8.31. The fourth-order valence-corrected chi connectivity index (χ4v) is 4.24. The van der Waals surface area contributed by atoms with Gasteiger partial charge in [-0.25, -0.2) is 4.79 Å². The standard InChI is InChI=1S/C24H29N3O2.2ClH/c1-17(13-18-5-3-2-4-6-18)22-14-23(22)26-20-9-11-27(12-10-20)16-21-8-7-19(15-25-21)24(28)29;;/h2-8,13,15,20,22-23,26H,9-12,14,16H2,1H3,(H,28,29);2*1H/b17-13+;;/t22-,23+;;/m0../s1. The molecule has 4 rings (SSSR count). The van der Waals surface area contributed by atoms with Crippen LogP contribution in [-0.4, -0.2) is 46.1 Å². The fourth-order valence-electron chi connectivity index (χ4n) is 4.24. The maximum atomic E-state index is 10.9. The number of hydrogen-bond acceptors (Lipinski definition) is 4. The Bertz CT molecular complexity index is 866. The Morgan fingerprint density at radius 3 is 2.48 bits per heavy atom. The van der Waals surface area contributed by atoms with Crippen LogP contribution < -0.4 is 5.32 Å². The molecule has 2 fully saturated rings. The molecule has 0 amide bonds. The van der Waals surface area contributed by atoms with Gasteiger partial charge in [0.05, 0.1) is 11.3 Å². The van der Waals surface area contributed by atoms with Crippen LogP contribution in [0, 0.1) is 5.92 Å². The number of aromatic carboxylic acids is 1. The molecule has 2 aliphatic rings. The number of halogens is 2. The molecule has 1 aromatic carbocycles. The lowest BCUT2D eigenvalue weighted by atomic mass is 10.0. The van der Waals surface area contributed by atoms with Crippen LogP contribution in [-0.2, 0) is 6.54 Å². The molecule has 1 saturated heterocycles. The molecule has 2 N–H and O–H groups in total. The number of carboxylic acids is 1. The molecule has 1 aliphatic carbocycles. The van der Waals surface area contributed by atoms with Crippen molar-refractivity contribution in [3.63, 3.8) is 0 Å². The number of benzene rings is 1. The van der Waals surface area contributed by atoms with E-state index in [1.807, 2.05) is 6.07 Å². The highest BCUT2D eigenvalue weighted by molar-refractivity contribution is 5.87. The molecule has 2 heterocycles. The first-order chi connectivity index (χ1) is 14.1. The van der Waals surface area contributed by atoms with Crippen LogP contribution in [0.2, 0.25) is 0 Å². The van der Waals surface area contributed by atoms with Gasteiger partial charge in [-0.15, -0.1) is 24.8 Å². The van der Waals surface area contributed by atoms with E-state index in [2.05, 4.69) is 58.5 Å². The summed E-state index contributed by atoms with van der Waals surface area (Å²) in [6, 6.07) is 15.2. The topological polar surface area (TPSA) is 65.5 Å². The zero-order valence-electron chi connectivity index (χ0n) is 17.7. The van der Waals surface area contributed by atoms with E-state index in [1.165, 1.54) is 23.8 Å². The molecule has 1 aromatic heterocycles. The van der Waals surface area contributed by atoms with Crippen molar-refractivity contribution in [3.05, 3.63) is 71.1 Å². The van der Waals surface area contributed by atoms with Crippen LogP contribution in [0.1, 0.15) is 47.8 Å². The summed E-state index contributed by atoms with van der Waals surface area (Å²) in [5.74, 6) is -0.256. The molecular weight excluding hydrogens is 433 g/mol. The minimum atomic E-state index is -0.928. The smallest absolute Gasteiger partial charge is 0.337 e. The number of nitrogens with one attached hydrogen (secondary N) is 1. The SMILES string of the molecule is C/C(=C\c1ccccc1)[C@@H]1C[C@H]1NC1CCN(Cc2ccc(C(=O)O)cn2)CC1.Cl.Cl. The predicted molar refractivity (Wildman–Crippen MR) is 129 cm³/mol. The van der Waals surface area contributed by atoms with Gasteiger partial charge in [-0.2, -0.15) is 0 Å². The van der Waals surface area contributed by atoms with Crippen LogP contribution in [0.25, 0.3) is 6.08 Å². The van der Waals surface area contributed by atoms with E-state index >= 15 is 0 Å². The molecule has 2 atom stereocenters. The molecule has 31 heavy (non-hydrogen) atoms. The van der Waals surface area contributed by atoms with Gasteiger partial charge in [0.25, 0.3) is 0 Å². The Balaban J connectivity index is 0.00000171. The van der Waals surface area contributed by atoms with Crippen molar-refractivity contribution >= 4 is 36.9 Å². The summed E-state index contributed by atoms with van der Waals surface area (Å²) in [5, 5.41) is 12.8. The van der Waals surface area contributed by atoms with Crippen LogP contribution in [0.3, 0.4) is 0 Å². The van der Waals surface area contributed by atoms with E-state index in [0.717, 1.165) is 38.2 Å². The maximum Gasteiger partial charge on any atom is 0.337 e. The predicted octanol–water partition coefficient (Wildman–Crippen LogP) is 4.67. The molecule has 7 heteroatoms. The molecule has 1 aliphatic heterocycles. The van der Waals surface area contributed by atoms with E-state index in [4.69, 9.17) is 5.11 Å². The lowest BCUT2D eigenvalue weighted by molar-refractivity contribution is 0.0696. The Hall–Kier alpha value is -1.92. The van der Waals surface area contributed by atoms with Gasteiger partial charge in [0, 0.05) is 37.9 Å². The maximum absolute atomic E-state index is 10.9. The average Bonchev–Trinajstić information content (AvgIpc) is 3.50. The van der Waals surface area contributed by atoms with E-state index < -0.39 is 5.97 Å². The Morgan fingerprint density at radius 2 is 1.87 bits per heavy atom. The van der Waals surface area contributed by atoms with Gasteiger partial charge in [-0.05, 0) is 49.8 Å². The van der Waals surface area contributed by atoms with E-state index in [1.54, 1.807) is 6.07 Å². The first-order valence-electron chi connectivity index (χ1n) is 10.5. The minimum absolute atomic E-state index is 0. The monoisotopic (exact) mass is 463 g/mol. The summed E-state index contributed by atoms with van der Waals surface area (Å²) >= 11 is 0. The van der Waals surface area contributed by atoms with Crippen molar-refractivity contribution in [2.24, 2.45) is 5.92 Å². The molecule has 1 saturated carbocycles. The van der Waals surface area contributed by atoms with Gasteiger partial charge >= 0.3 is 5.97 Å². The number of nitrogens with zero attached hydrogens (tertiary/aromatic N) is 2. The summed E-state index contributed by atoms with van der Waals surface area (Å²) in [6.45, 7) is 5.15. The summed E-state index contributed by atoms with van der Waals surface area (Å²) in [5.41, 5.74) is 3.94. The number of piperidine rings is 1. The normalized spacial score (nSPS) is 21.6. The van der Waals surface area contributed by atoms with Crippen LogP contribution in [0.5, 0.6) is 0 Å². The quantitative estimate of drug-likeness (QED) is 0.624. The molecule has 0 bridgehead atoms. The molecule has 2 aromatic rings. The van der Waals surface area contributed by atoms with Crippen molar-refractivity contribution < 1.29 is 9.90 Å². The third-order valence-corrected chi connectivity index (χ3v) is 6.06. The Kier molecular flexibility index (Phi) is 9.51. The number of pyridine rings is 1. The number of hydrogen-bond donors (Lipinski definition) is 2. The molecule has 168 valence electrons.